The summed E-state index contributed by atoms with van der Waals surface area (Å²) in [5, 5.41) is -0.237. The minimum atomic E-state index is -3.57. The van der Waals surface area contributed by atoms with Crippen molar-refractivity contribution in [1.29, 1.82) is 0 Å². The molecule has 0 aromatic heterocycles. The number of benzene rings is 2. The van der Waals surface area contributed by atoms with Crippen molar-refractivity contribution in [2.75, 3.05) is 13.1 Å². The zero-order chi connectivity index (χ0) is 18.2. The molecule has 4 nitrogen and oxygen atoms in total. The Hall–Kier alpha value is -1.63. The number of amides is 1. The first-order valence-electron chi connectivity index (χ1n) is 7.53. The normalized spacial score (nSPS) is 17.7. The third-order valence-corrected chi connectivity index (χ3v) is 6.93. The van der Waals surface area contributed by atoms with Crippen LogP contribution in [0.5, 0.6) is 0 Å². The summed E-state index contributed by atoms with van der Waals surface area (Å²) >= 11 is 11.7. The van der Waals surface area contributed by atoms with E-state index in [2.05, 4.69) is 0 Å². The third kappa shape index (κ3) is 3.66. The Morgan fingerprint density at radius 3 is 2.44 bits per heavy atom. The molecule has 25 heavy (non-hydrogen) atoms. The zero-order valence-electron chi connectivity index (χ0n) is 13.0. The van der Waals surface area contributed by atoms with Crippen LogP contribution in [-0.4, -0.2) is 37.6 Å². The lowest BCUT2D eigenvalue weighted by Gasteiger charge is -2.17. The molecule has 0 bridgehead atoms. The van der Waals surface area contributed by atoms with Crippen molar-refractivity contribution in [2.24, 2.45) is 0 Å². The zero-order valence-corrected chi connectivity index (χ0v) is 15.3. The van der Waals surface area contributed by atoms with Crippen molar-refractivity contribution >= 4 is 38.9 Å². The Morgan fingerprint density at radius 1 is 1.12 bits per heavy atom. The van der Waals surface area contributed by atoms with Crippen molar-refractivity contribution in [3.05, 3.63) is 63.9 Å². The minimum Gasteiger partial charge on any atom is -0.337 e. The number of carbonyl (C=O) groups is 1. The number of nitrogens with zero attached hydrogens (tertiary/aromatic N) is 1. The number of likely N-dealkylation sites (tertiary alicyclic amines) is 1. The SMILES string of the molecule is O=C(c1ccc(F)cc1Cl)N1CCC(S(=O)(=O)c2ccc(Cl)cc2)C1. The van der Waals surface area contributed by atoms with Crippen LogP contribution in [0.15, 0.2) is 47.4 Å². The Labute approximate surface area is 155 Å². The number of carbonyl (C=O) groups excluding carboxylic acids is 1. The van der Waals surface area contributed by atoms with Crippen molar-refractivity contribution in [3.8, 4) is 0 Å². The number of hydrogen-bond donors (Lipinski definition) is 0. The molecule has 0 N–H and O–H groups in total. The second-order valence-corrected chi connectivity index (χ2v) is 8.86. The molecular weight excluding hydrogens is 388 g/mol. The van der Waals surface area contributed by atoms with Gasteiger partial charge in [-0.25, -0.2) is 12.8 Å². The summed E-state index contributed by atoms with van der Waals surface area (Å²) in [5.41, 5.74) is 0.160. The van der Waals surface area contributed by atoms with Gasteiger partial charge in [0.25, 0.3) is 5.91 Å². The average Bonchev–Trinajstić information content (AvgIpc) is 3.05. The molecule has 1 aliphatic rings. The van der Waals surface area contributed by atoms with Crippen LogP contribution >= 0.6 is 23.2 Å². The molecule has 8 heteroatoms. The summed E-state index contributed by atoms with van der Waals surface area (Å²) in [4.78, 5) is 14.1. The van der Waals surface area contributed by atoms with E-state index in [1.54, 1.807) is 0 Å². The highest BCUT2D eigenvalue weighted by molar-refractivity contribution is 7.92. The molecule has 1 amide bonds. The summed E-state index contributed by atoms with van der Waals surface area (Å²) < 4.78 is 38.5. The summed E-state index contributed by atoms with van der Waals surface area (Å²) in [5.74, 6) is -0.940. The maximum Gasteiger partial charge on any atom is 0.255 e. The quantitative estimate of drug-likeness (QED) is 0.785. The molecule has 0 spiro atoms. The van der Waals surface area contributed by atoms with Gasteiger partial charge in [-0.1, -0.05) is 23.2 Å². The molecule has 1 fully saturated rings. The molecule has 0 radical (unpaired) electrons. The maximum absolute atomic E-state index is 13.1. The molecule has 1 saturated heterocycles. The smallest absolute Gasteiger partial charge is 0.255 e. The van der Waals surface area contributed by atoms with E-state index in [4.69, 9.17) is 23.2 Å². The molecule has 3 rings (SSSR count). The molecule has 0 aliphatic carbocycles. The van der Waals surface area contributed by atoms with Crippen LogP contribution in [0, 0.1) is 5.82 Å². The fourth-order valence-electron chi connectivity index (χ4n) is 2.82. The van der Waals surface area contributed by atoms with Crippen LogP contribution in [0.2, 0.25) is 10.0 Å². The minimum absolute atomic E-state index is 0.00834. The van der Waals surface area contributed by atoms with Gasteiger partial charge in [-0.3, -0.25) is 4.79 Å². The number of sulfone groups is 1. The predicted molar refractivity (Wildman–Crippen MR) is 94.4 cm³/mol. The Bertz CT molecular complexity index is 916. The topological polar surface area (TPSA) is 54.5 Å². The molecule has 1 heterocycles. The summed E-state index contributed by atoms with van der Waals surface area (Å²) in [6, 6.07) is 9.47. The first-order valence-corrected chi connectivity index (χ1v) is 9.83. The van der Waals surface area contributed by atoms with Gasteiger partial charge >= 0.3 is 0 Å². The van der Waals surface area contributed by atoms with E-state index in [1.807, 2.05) is 0 Å². The Balaban J connectivity index is 1.79. The van der Waals surface area contributed by atoms with Crippen LogP contribution in [-0.2, 0) is 9.84 Å². The van der Waals surface area contributed by atoms with Gasteiger partial charge in [-0.15, -0.1) is 0 Å². The third-order valence-electron chi connectivity index (χ3n) is 4.17. The summed E-state index contributed by atoms with van der Waals surface area (Å²) in [6.45, 7) is 0.363. The van der Waals surface area contributed by atoms with E-state index in [0.29, 0.717) is 18.0 Å². The van der Waals surface area contributed by atoms with Gasteiger partial charge in [0.05, 0.1) is 20.7 Å². The van der Waals surface area contributed by atoms with Crippen molar-refractivity contribution in [1.82, 2.24) is 4.90 Å². The van der Waals surface area contributed by atoms with Crippen LogP contribution in [0.4, 0.5) is 4.39 Å². The first-order chi connectivity index (χ1) is 11.8. The van der Waals surface area contributed by atoms with Gasteiger partial charge in [0.2, 0.25) is 0 Å². The Kier molecular flexibility index (Phi) is 5.04. The number of rotatable bonds is 3. The number of halogens is 3. The van der Waals surface area contributed by atoms with Crippen molar-refractivity contribution in [3.63, 3.8) is 0 Å². The molecule has 1 atom stereocenters. The Morgan fingerprint density at radius 2 is 1.80 bits per heavy atom. The fraction of sp³-hybridized carbons (Fsp3) is 0.235. The molecule has 2 aromatic rings. The maximum atomic E-state index is 13.1. The van der Waals surface area contributed by atoms with Crippen molar-refractivity contribution < 1.29 is 17.6 Å². The highest BCUT2D eigenvalue weighted by Crippen LogP contribution is 2.27. The molecular formula is C17H14Cl2FNO3S. The molecule has 1 aliphatic heterocycles. The van der Waals surface area contributed by atoms with Crippen LogP contribution in [0.3, 0.4) is 0 Å². The fourth-order valence-corrected chi connectivity index (χ4v) is 4.88. The van der Waals surface area contributed by atoms with Gasteiger partial charge in [0.15, 0.2) is 9.84 Å². The van der Waals surface area contributed by atoms with E-state index in [1.165, 1.54) is 35.2 Å². The van der Waals surface area contributed by atoms with E-state index in [-0.39, 0.29) is 22.0 Å². The van der Waals surface area contributed by atoms with E-state index in [0.717, 1.165) is 12.1 Å². The van der Waals surface area contributed by atoms with Crippen LogP contribution < -0.4 is 0 Å². The van der Waals surface area contributed by atoms with Gasteiger partial charge in [-0.2, -0.15) is 0 Å². The lowest BCUT2D eigenvalue weighted by atomic mass is 10.2. The second kappa shape index (κ2) is 6.94. The molecule has 0 saturated carbocycles. The second-order valence-electron chi connectivity index (χ2n) is 5.78. The van der Waals surface area contributed by atoms with Crippen LogP contribution in [0.25, 0.3) is 0 Å². The predicted octanol–water partition coefficient (Wildman–Crippen LogP) is 3.82. The standard InChI is InChI=1S/C17H14Cl2FNO3S/c18-11-1-4-13(5-2-11)25(23,24)14-7-8-21(10-14)17(22)15-6-3-12(20)9-16(15)19/h1-6,9,14H,7-8,10H2. The lowest BCUT2D eigenvalue weighted by molar-refractivity contribution is 0.0793. The monoisotopic (exact) mass is 401 g/mol. The van der Waals surface area contributed by atoms with E-state index in [9.17, 15) is 17.6 Å². The first kappa shape index (κ1) is 18.2. The van der Waals surface area contributed by atoms with E-state index < -0.39 is 26.8 Å². The van der Waals surface area contributed by atoms with Gasteiger partial charge < -0.3 is 4.90 Å². The van der Waals surface area contributed by atoms with Crippen LogP contribution in [0.1, 0.15) is 16.8 Å². The molecule has 132 valence electrons. The highest BCUT2D eigenvalue weighted by atomic mass is 35.5. The average molecular weight is 402 g/mol. The largest absolute Gasteiger partial charge is 0.337 e. The van der Waals surface area contributed by atoms with Crippen molar-refractivity contribution in [2.45, 2.75) is 16.6 Å². The van der Waals surface area contributed by atoms with Gasteiger partial charge in [0.1, 0.15) is 5.82 Å². The highest BCUT2D eigenvalue weighted by Gasteiger charge is 2.36. The summed E-state index contributed by atoms with van der Waals surface area (Å²) in [6.07, 6.45) is 0.329. The molecule has 2 aromatic carbocycles. The van der Waals surface area contributed by atoms with Gasteiger partial charge in [-0.05, 0) is 48.9 Å². The van der Waals surface area contributed by atoms with Gasteiger partial charge in [0, 0.05) is 18.1 Å². The number of hydrogen-bond acceptors (Lipinski definition) is 3. The molecule has 1 unspecified atom stereocenters. The lowest BCUT2D eigenvalue weighted by Crippen LogP contribution is -2.32. The summed E-state index contributed by atoms with van der Waals surface area (Å²) in [7, 11) is -3.57. The van der Waals surface area contributed by atoms with E-state index >= 15 is 0 Å².